The van der Waals surface area contributed by atoms with Gasteiger partial charge < -0.3 is 24.4 Å². The smallest absolute Gasteiger partial charge is 0.431 e. The second-order valence-electron chi connectivity index (χ2n) is 9.40. The first-order valence-corrected chi connectivity index (χ1v) is 11.4. The van der Waals surface area contributed by atoms with E-state index in [1.54, 1.807) is 43.2 Å². The van der Waals surface area contributed by atoms with Crippen LogP contribution < -0.4 is 9.64 Å². The van der Waals surface area contributed by atoms with Crippen LogP contribution in [-0.2, 0) is 16.1 Å². The maximum absolute atomic E-state index is 13.8. The van der Waals surface area contributed by atoms with Crippen LogP contribution >= 0.6 is 0 Å². The molecule has 0 radical (unpaired) electrons. The molecule has 1 aromatic heterocycles. The molecule has 1 aromatic carbocycles. The molecular formula is C24H29F3N4O4. The van der Waals surface area contributed by atoms with E-state index in [1.165, 1.54) is 10.8 Å². The van der Waals surface area contributed by atoms with Crippen molar-refractivity contribution in [3.8, 4) is 5.75 Å². The molecule has 2 aliphatic rings. The standard InChI is InChI=1S/C24H29F3N4O4/c1-23(2,15-32)16-35-20-12-18-17(11-19(20)31-6-4-3-5-21(31)24(25,26)27)13-30(28-18)14-22(33)29-7-9-34-10-8-29/h3-5,11-13,32H,6-10,14-16H2,1-2H3. The number of carbonyl (C=O) groups excluding carboxylic acids is 1. The molecule has 1 N–H and O–H groups in total. The van der Waals surface area contributed by atoms with Crippen molar-refractivity contribution in [2.45, 2.75) is 26.6 Å². The molecule has 2 aromatic rings. The van der Waals surface area contributed by atoms with Crippen LogP contribution in [0.1, 0.15) is 13.8 Å². The third kappa shape index (κ3) is 5.79. The Kier molecular flexibility index (Phi) is 7.09. The molecule has 0 aliphatic carbocycles. The van der Waals surface area contributed by atoms with Crippen LogP contribution in [0.5, 0.6) is 5.75 Å². The molecule has 0 saturated carbocycles. The van der Waals surface area contributed by atoms with Gasteiger partial charge in [-0.3, -0.25) is 9.48 Å². The molecule has 2 aliphatic heterocycles. The first kappa shape index (κ1) is 25.1. The van der Waals surface area contributed by atoms with Gasteiger partial charge in [-0.1, -0.05) is 26.0 Å². The normalized spacial score (nSPS) is 17.1. The number of ether oxygens (including phenoxy) is 2. The molecule has 190 valence electrons. The van der Waals surface area contributed by atoms with Gasteiger partial charge >= 0.3 is 6.18 Å². The number of benzene rings is 1. The van der Waals surface area contributed by atoms with E-state index in [4.69, 9.17) is 9.47 Å². The molecule has 1 fully saturated rings. The highest BCUT2D eigenvalue weighted by Crippen LogP contribution is 2.40. The second kappa shape index (κ2) is 9.90. The van der Waals surface area contributed by atoms with Crippen LogP contribution in [0.15, 0.2) is 42.3 Å². The van der Waals surface area contributed by atoms with Crippen LogP contribution in [0.25, 0.3) is 10.9 Å². The predicted octanol–water partition coefficient (Wildman–Crippen LogP) is 3.11. The fraction of sp³-hybridized carbons (Fsp3) is 0.500. The summed E-state index contributed by atoms with van der Waals surface area (Å²) >= 11 is 0. The van der Waals surface area contributed by atoms with Crippen molar-refractivity contribution in [2.24, 2.45) is 5.41 Å². The van der Waals surface area contributed by atoms with Gasteiger partial charge in [0, 0.05) is 42.7 Å². The number of hydrogen-bond donors (Lipinski definition) is 1. The molecule has 0 spiro atoms. The number of nitrogens with zero attached hydrogens (tertiary/aromatic N) is 4. The Morgan fingerprint density at radius 1 is 1.23 bits per heavy atom. The molecule has 4 rings (SSSR count). The lowest BCUT2D eigenvalue weighted by molar-refractivity contribution is -0.136. The average molecular weight is 495 g/mol. The Hall–Kier alpha value is -3.05. The second-order valence-corrected chi connectivity index (χ2v) is 9.40. The topological polar surface area (TPSA) is 80.1 Å². The minimum atomic E-state index is -4.56. The van der Waals surface area contributed by atoms with Crippen molar-refractivity contribution in [3.05, 3.63) is 42.3 Å². The highest BCUT2D eigenvalue weighted by molar-refractivity contribution is 5.87. The number of aliphatic hydroxyl groups excluding tert-OH is 1. The molecule has 3 heterocycles. The van der Waals surface area contributed by atoms with E-state index in [-0.39, 0.29) is 43.6 Å². The fourth-order valence-electron chi connectivity index (χ4n) is 3.86. The van der Waals surface area contributed by atoms with Gasteiger partial charge in [0.15, 0.2) is 0 Å². The molecule has 1 saturated heterocycles. The zero-order valence-corrected chi connectivity index (χ0v) is 19.7. The highest BCUT2D eigenvalue weighted by atomic mass is 19.4. The van der Waals surface area contributed by atoms with Crippen molar-refractivity contribution in [1.82, 2.24) is 14.7 Å². The largest absolute Gasteiger partial charge is 0.491 e. The number of halogens is 3. The summed E-state index contributed by atoms with van der Waals surface area (Å²) in [6, 6.07) is 3.18. The Bertz CT molecular complexity index is 1130. The molecular weight excluding hydrogens is 465 g/mol. The number of aliphatic hydroxyl groups is 1. The number of aromatic nitrogens is 2. The van der Waals surface area contributed by atoms with Gasteiger partial charge in [-0.05, 0) is 12.1 Å². The first-order valence-electron chi connectivity index (χ1n) is 11.4. The predicted molar refractivity (Wildman–Crippen MR) is 124 cm³/mol. The number of allylic oxidation sites excluding steroid dienone is 3. The number of alkyl halides is 3. The third-order valence-electron chi connectivity index (χ3n) is 5.89. The van der Waals surface area contributed by atoms with Gasteiger partial charge in [-0.25, -0.2) is 0 Å². The van der Waals surface area contributed by atoms with Crippen LogP contribution in [-0.4, -0.2) is 77.9 Å². The summed E-state index contributed by atoms with van der Waals surface area (Å²) < 4.78 is 54.1. The van der Waals surface area contributed by atoms with Crippen LogP contribution in [0.3, 0.4) is 0 Å². The highest BCUT2D eigenvalue weighted by Gasteiger charge is 2.39. The summed E-state index contributed by atoms with van der Waals surface area (Å²) in [7, 11) is 0. The number of rotatable bonds is 7. The molecule has 35 heavy (non-hydrogen) atoms. The van der Waals surface area contributed by atoms with Crippen LogP contribution in [0.4, 0.5) is 18.9 Å². The van der Waals surface area contributed by atoms with Crippen molar-refractivity contribution >= 4 is 22.5 Å². The third-order valence-corrected chi connectivity index (χ3v) is 5.89. The maximum Gasteiger partial charge on any atom is 0.431 e. The van der Waals surface area contributed by atoms with Gasteiger partial charge in [0.05, 0.1) is 37.6 Å². The monoisotopic (exact) mass is 494 g/mol. The van der Waals surface area contributed by atoms with E-state index in [2.05, 4.69) is 5.10 Å². The summed E-state index contributed by atoms with van der Waals surface area (Å²) in [5.41, 5.74) is -0.676. The summed E-state index contributed by atoms with van der Waals surface area (Å²) in [6.45, 7) is 5.55. The summed E-state index contributed by atoms with van der Waals surface area (Å²) in [5, 5.41) is 14.6. The Morgan fingerprint density at radius 3 is 2.66 bits per heavy atom. The number of amides is 1. The Morgan fingerprint density at radius 2 is 1.97 bits per heavy atom. The molecule has 0 unspecified atom stereocenters. The Balaban J connectivity index is 1.69. The molecule has 1 amide bonds. The van der Waals surface area contributed by atoms with E-state index in [1.807, 2.05) is 0 Å². The van der Waals surface area contributed by atoms with Gasteiger partial charge in [0.25, 0.3) is 0 Å². The van der Waals surface area contributed by atoms with Gasteiger partial charge in [-0.2, -0.15) is 18.3 Å². The summed E-state index contributed by atoms with van der Waals surface area (Å²) in [4.78, 5) is 15.5. The van der Waals surface area contributed by atoms with Gasteiger partial charge in [0.2, 0.25) is 5.91 Å². The number of anilines is 1. The number of morpholine rings is 1. The molecule has 11 heteroatoms. The van der Waals surface area contributed by atoms with Crippen molar-refractivity contribution in [2.75, 3.05) is 51.0 Å². The van der Waals surface area contributed by atoms with E-state index < -0.39 is 17.3 Å². The summed E-state index contributed by atoms with van der Waals surface area (Å²) in [5.74, 6) is 0.111. The SMILES string of the molecule is CC(C)(CO)COc1cc2nn(CC(=O)N3CCOCC3)cc2cc1N1CC=CC=C1C(F)(F)F. The lowest BCUT2D eigenvalue weighted by Gasteiger charge is -2.31. The lowest BCUT2D eigenvalue weighted by Crippen LogP contribution is -2.42. The molecule has 8 nitrogen and oxygen atoms in total. The average Bonchev–Trinajstić information content (AvgIpc) is 3.23. The van der Waals surface area contributed by atoms with E-state index in [0.29, 0.717) is 37.2 Å². The van der Waals surface area contributed by atoms with Crippen molar-refractivity contribution in [3.63, 3.8) is 0 Å². The maximum atomic E-state index is 13.8. The minimum Gasteiger partial charge on any atom is -0.491 e. The summed E-state index contributed by atoms with van der Waals surface area (Å²) in [6.07, 6.45) is 1.12. The van der Waals surface area contributed by atoms with Gasteiger partial charge in [-0.15, -0.1) is 0 Å². The van der Waals surface area contributed by atoms with E-state index in [0.717, 1.165) is 11.0 Å². The number of hydrogen-bond acceptors (Lipinski definition) is 6. The quantitative estimate of drug-likeness (QED) is 0.637. The van der Waals surface area contributed by atoms with Crippen LogP contribution in [0.2, 0.25) is 0 Å². The van der Waals surface area contributed by atoms with Crippen molar-refractivity contribution < 1.29 is 32.5 Å². The van der Waals surface area contributed by atoms with Crippen molar-refractivity contribution in [1.29, 1.82) is 0 Å². The van der Waals surface area contributed by atoms with Crippen LogP contribution in [0, 0.1) is 5.41 Å². The fourth-order valence-corrected chi connectivity index (χ4v) is 3.86. The van der Waals surface area contributed by atoms with Gasteiger partial charge in [0.1, 0.15) is 18.0 Å². The van der Waals surface area contributed by atoms with E-state index >= 15 is 0 Å². The number of carbonyl (C=O) groups is 1. The zero-order chi connectivity index (χ0) is 25.2. The zero-order valence-electron chi connectivity index (χ0n) is 19.7. The van der Waals surface area contributed by atoms with E-state index in [9.17, 15) is 23.1 Å². The first-order chi connectivity index (χ1) is 16.6. The molecule has 0 atom stereocenters. The lowest BCUT2D eigenvalue weighted by atomic mass is 9.96. The molecule has 0 bridgehead atoms. The Labute approximate surface area is 201 Å². The number of fused-ring (bicyclic) bond motifs is 1. The minimum absolute atomic E-state index is 0.0118.